The molecule has 3 aromatic carbocycles. The van der Waals surface area contributed by atoms with Crippen molar-refractivity contribution in [3.8, 4) is 0 Å². The summed E-state index contributed by atoms with van der Waals surface area (Å²) in [6, 6.07) is 23.2. The Labute approximate surface area is 317 Å². The van der Waals surface area contributed by atoms with Gasteiger partial charge in [-0.05, 0) is 62.3 Å². The summed E-state index contributed by atoms with van der Waals surface area (Å²) in [5.74, 6) is -0.525. The van der Waals surface area contributed by atoms with Crippen molar-refractivity contribution in [1.82, 2.24) is 30.8 Å². The number of hydrogen-bond acceptors (Lipinski definition) is 10. The quantitative estimate of drug-likeness (QED) is 0.114. The van der Waals surface area contributed by atoms with Crippen LogP contribution in [0.5, 0.6) is 0 Å². The summed E-state index contributed by atoms with van der Waals surface area (Å²) >= 11 is 0. The molecular weight excluding hydrogens is 688 g/mol. The summed E-state index contributed by atoms with van der Waals surface area (Å²) in [7, 11) is 0. The van der Waals surface area contributed by atoms with Crippen LogP contribution in [0, 0.1) is 5.41 Å². The van der Waals surface area contributed by atoms with E-state index in [-0.39, 0.29) is 32.5 Å². The molecule has 1 aromatic heterocycles. The van der Waals surface area contributed by atoms with Gasteiger partial charge in [-0.2, -0.15) is 0 Å². The average molecular weight is 742 g/mol. The number of amides is 3. The van der Waals surface area contributed by atoms with E-state index in [2.05, 4.69) is 25.9 Å². The normalized spacial score (nSPS) is 14.7. The summed E-state index contributed by atoms with van der Waals surface area (Å²) in [6.45, 7) is 10.4. The first-order chi connectivity index (χ1) is 25.5. The number of benzene rings is 3. The molecule has 3 amide bonds. The number of para-hydroxylation sites is 2. The van der Waals surface area contributed by atoms with Crippen LogP contribution in [-0.4, -0.2) is 92.1 Å². The van der Waals surface area contributed by atoms with Crippen LogP contribution in [0.4, 0.5) is 9.59 Å². The minimum absolute atomic E-state index is 0.0455. The number of aliphatic hydroxyl groups excluding tert-OH is 2. The van der Waals surface area contributed by atoms with Gasteiger partial charge in [0.1, 0.15) is 18.7 Å². The zero-order chi connectivity index (χ0) is 39.5. The van der Waals surface area contributed by atoms with E-state index >= 15 is 0 Å². The lowest BCUT2D eigenvalue weighted by molar-refractivity contribution is -0.275. The highest BCUT2D eigenvalue weighted by atomic mass is 16.5. The number of alkyl carbamates (subject to hydrolysis) is 1. The molecular formula is C41H53N6O7-. The molecule has 0 unspecified atom stereocenters. The molecule has 1 heterocycles. The van der Waals surface area contributed by atoms with Gasteiger partial charge in [0.05, 0.1) is 47.2 Å². The number of hydrogen-bond donors (Lipinski definition) is 5. The van der Waals surface area contributed by atoms with Gasteiger partial charge < -0.3 is 45.7 Å². The Hall–Kier alpha value is -5.11. The van der Waals surface area contributed by atoms with Crippen molar-refractivity contribution >= 4 is 29.1 Å². The minimum Gasteiger partial charge on any atom is -0.530 e. The van der Waals surface area contributed by atoms with Gasteiger partial charge in [0, 0.05) is 18.6 Å². The van der Waals surface area contributed by atoms with Gasteiger partial charge in [-0.3, -0.25) is 9.78 Å². The first-order valence-electron chi connectivity index (χ1n) is 18.1. The van der Waals surface area contributed by atoms with E-state index in [9.17, 15) is 29.7 Å². The second kappa shape index (κ2) is 18.8. The van der Waals surface area contributed by atoms with Gasteiger partial charge in [0.2, 0.25) is 5.91 Å². The Morgan fingerprint density at radius 3 is 1.91 bits per heavy atom. The number of carbonyl (C=O) groups is 3. The lowest BCUT2D eigenvalue weighted by Gasteiger charge is -2.45. The molecule has 13 heteroatoms. The number of nitrogens with zero attached hydrogens (tertiary/aromatic N) is 3. The summed E-state index contributed by atoms with van der Waals surface area (Å²) in [5.41, 5.74) is 1.91. The highest BCUT2D eigenvalue weighted by molar-refractivity contribution is 5.86. The highest BCUT2D eigenvalue weighted by Gasteiger charge is 2.36. The largest absolute Gasteiger partial charge is 0.530 e. The Kier molecular flexibility index (Phi) is 14.5. The predicted molar refractivity (Wildman–Crippen MR) is 204 cm³/mol. The third-order valence-corrected chi connectivity index (χ3v) is 9.02. The lowest BCUT2D eigenvalue weighted by atomic mass is 9.85. The lowest BCUT2D eigenvalue weighted by Crippen LogP contribution is -2.62. The number of nitrogens with one attached hydrogen (secondary N) is 3. The second-order valence-electron chi connectivity index (χ2n) is 15.5. The van der Waals surface area contributed by atoms with E-state index in [0.717, 1.165) is 16.0 Å². The molecule has 0 saturated carbocycles. The van der Waals surface area contributed by atoms with Crippen molar-refractivity contribution in [1.29, 1.82) is 0 Å². The molecule has 0 aliphatic rings. The van der Waals surface area contributed by atoms with Crippen LogP contribution in [-0.2, 0) is 29.0 Å². The number of carbonyl (C=O) groups excluding carboxylic acids is 3. The van der Waals surface area contributed by atoms with Gasteiger partial charge in [0.25, 0.3) is 0 Å². The maximum Gasteiger partial charge on any atom is 0.408 e. The van der Waals surface area contributed by atoms with E-state index in [4.69, 9.17) is 4.74 Å². The molecule has 0 fully saturated rings. The van der Waals surface area contributed by atoms with Crippen LogP contribution in [0.25, 0.3) is 11.0 Å². The van der Waals surface area contributed by atoms with Crippen molar-refractivity contribution in [3.05, 3.63) is 108 Å². The van der Waals surface area contributed by atoms with Crippen molar-refractivity contribution in [2.75, 3.05) is 13.1 Å². The Balaban J connectivity index is 1.44. The van der Waals surface area contributed by atoms with Crippen LogP contribution >= 0.6 is 0 Å². The fraction of sp³-hybridized carbons (Fsp3) is 0.439. The third kappa shape index (κ3) is 12.2. The molecule has 13 nitrogen and oxygen atoms in total. The van der Waals surface area contributed by atoms with Gasteiger partial charge in [-0.15, -0.1) is 0 Å². The highest BCUT2D eigenvalue weighted by Crippen LogP contribution is 2.23. The SMILES string of the molecule is CC(C)(C)[C@H](NC(=O)OCc1cnc2ccccc2n1)C(=O)N[C@@H](Cc1ccccc1)[C@H](O)CNC[C@@H](O)[C@H](Cc1ccccc1)N(C(=O)[O-])C(C)(C)C. The first kappa shape index (κ1) is 41.6. The third-order valence-electron chi connectivity index (χ3n) is 9.02. The minimum atomic E-state index is -1.40. The molecule has 0 bridgehead atoms. The summed E-state index contributed by atoms with van der Waals surface area (Å²) in [6.07, 6.45) is -2.50. The molecule has 5 atom stereocenters. The fourth-order valence-corrected chi connectivity index (χ4v) is 6.28. The summed E-state index contributed by atoms with van der Waals surface area (Å²) in [5, 5.41) is 43.9. The van der Waals surface area contributed by atoms with E-state index in [1.54, 1.807) is 41.5 Å². The number of aromatic nitrogens is 2. The second-order valence-corrected chi connectivity index (χ2v) is 15.5. The molecule has 0 aliphatic carbocycles. The fourth-order valence-electron chi connectivity index (χ4n) is 6.28. The van der Waals surface area contributed by atoms with Crippen LogP contribution in [0.2, 0.25) is 0 Å². The molecule has 0 aliphatic heterocycles. The van der Waals surface area contributed by atoms with E-state index < -0.39 is 59.4 Å². The predicted octanol–water partition coefficient (Wildman–Crippen LogP) is 3.36. The Morgan fingerprint density at radius 1 is 0.778 bits per heavy atom. The number of fused-ring (bicyclic) bond motifs is 1. The van der Waals surface area contributed by atoms with Crippen molar-refractivity contribution < 1.29 is 34.4 Å². The average Bonchev–Trinajstić information content (AvgIpc) is 3.11. The zero-order valence-electron chi connectivity index (χ0n) is 31.9. The standard InChI is InChI=1S/C41H54N6O7/c1-40(2,3)36(46-38(51)54-26-29-23-43-30-19-13-14-20-31(30)44-29)37(50)45-32(21-27-15-9-7-10-16-27)34(48)24-42-25-35(49)33(22-28-17-11-8-12-18-28)47(39(52)53)41(4,5)6/h7-20,23,32-36,42,48-49H,21-22,24-26H2,1-6H3,(H,45,50)(H,46,51)(H,52,53)/p-1/t32-,33-,34+,35+,36+/m0/s1. The van der Waals surface area contributed by atoms with E-state index in [0.29, 0.717) is 16.7 Å². The monoisotopic (exact) mass is 741 g/mol. The molecule has 0 spiro atoms. The van der Waals surface area contributed by atoms with Crippen LogP contribution in [0.1, 0.15) is 58.4 Å². The number of aliphatic hydroxyl groups is 2. The van der Waals surface area contributed by atoms with Crippen LogP contribution in [0.15, 0.2) is 91.1 Å². The topological polar surface area (TPSA) is 189 Å². The molecule has 4 rings (SSSR count). The maximum atomic E-state index is 13.9. The molecule has 54 heavy (non-hydrogen) atoms. The van der Waals surface area contributed by atoms with Gasteiger partial charge in [0.15, 0.2) is 0 Å². The van der Waals surface area contributed by atoms with Crippen LogP contribution in [0.3, 0.4) is 0 Å². The summed E-state index contributed by atoms with van der Waals surface area (Å²) < 4.78 is 5.43. The molecule has 0 radical (unpaired) electrons. The van der Waals surface area contributed by atoms with Gasteiger partial charge in [-0.25, -0.2) is 9.78 Å². The Bertz CT molecular complexity index is 1810. The number of rotatable bonds is 16. The number of ether oxygens (including phenoxy) is 1. The van der Waals surface area contributed by atoms with Gasteiger partial charge >= 0.3 is 6.09 Å². The molecule has 5 N–H and O–H groups in total. The Morgan fingerprint density at radius 2 is 1.33 bits per heavy atom. The van der Waals surface area contributed by atoms with Crippen molar-refractivity contribution in [2.24, 2.45) is 5.41 Å². The smallest absolute Gasteiger partial charge is 0.408 e. The maximum absolute atomic E-state index is 13.9. The molecule has 0 saturated heterocycles. The summed E-state index contributed by atoms with van der Waals surface area (Å²) in [4.78, 5) is 49.2. The van der Waals surface area contributed by atoms with Crippen LogP contribution < -0.4 is 21.1 Å². The van der Waals surface area contributed by atoms with E-state index in [1.807, 2.05) is 84.9 Å². The van der Waals surface area contributed by atoms with E-state index in [1.165, 1.54) is 6.20 Å². The zero-order valence-corrected chi connectivity index (χ0v) is 31.9. The molecule has 290 valence electrons. The first-order valence-corrected chi connectivity index (χ1v) is 18.1. The number of carboxylic acid groups (broad SMARTS) is 1. The van der Waals surface area contributed by atoms with Gasteiger partial charge in [-0.1, -0.05) is 93.6 Å². The van der Waals surface area contributed by atoms with Crippen molar-refractivity contribution in [3.63, 3.8) is 0 Å². The molecule has 4 aromatic rings. The van der Waals surface area contributed by atoms with Crippen molar-refractivity contribution in [2.45, 2.75) is 96.9 Å².